The van der Waals surface area contributed by atoms with Crippen LogP contribution in [0.3, 0.4) is 0 Å². The number of nitrogens with one attached hydrogen (secondary N) is 2. The van der Waals surface area contributed by atoms with Crippen molar-refractivity contribution in [2.45, 2.75) is 6.23 Å². The summed E-state index contributed by atoms with van der Waals surface area (Å²) in [5.74, 6) is 0.910. The number of anilines is 1. The highest BCUT2D eigenvalue weighted by Gasteiger charge is 2.15. The molecule has 0 radical (unpaired) electrons. The molecule has 1 aliphatic heterocycles. The summed E-state index contributed by atoms with van der Waals surface area (Å²) in [7, 11) is 0. The second-order valence-corrected chi connectivity index (χ2v) is 2.50. The Balaban J connectivity index is 2.44. The van der Waals surface area contributed by atoms with Crippen molar-refractivity contribution in [3.8, 4) is 0 Å². The molecule has 0 amide bonds. The first-order chi connectivity index (χ1) is 5.77. The number of fused-ring (bicyclic) bond motifs is 1. The van der Waals surface area contributed by atoms with Gasteiger partial charge < -0.3 is 21.1 Å². The number of hydrogen-bond donors (Lipinski definition) is 4. The van der Waals surface area contributed by atoms with Crippen LogP contribution in [0.25, 0.3) is 0 Å². The van der Waals surface area contributed by atoms with Crippen LogP contribution < -0.4 is 11.1 Å². The van der Waals surface area contributed by atoms with Crippen LogP contribution in [-0.4, -0.2) is 33.7 Å². The predicted molar refractivity (Wildman–Crippen MR) is 43.8 cm³/mol. The summed E-state index contributed by atoms with van der Waals surface area (Å²) < 4.78 is 0. The number of aliphatic hydroxyl groups is 1. The largest absolute Gasteiger partial charge is 0.382 e. The Bertz CT molecular complexity index is 317. The minimum atomic E-state index is -0.799. The normalized spacial score (nSPS) is 22.1. The lowest BCUT2D eigenvalue weighted by Crippen LogP contribution is -2.18. The van der Waals surface area contributed by atoms with Gasteiger partial charge in [0.2, 0.25) is 0 Å². The van der Waals surface area contributed by atoms with Crippen LogP contribution in [0.15, 0.2) is 11.3 Å². The zero-order valence-electron chi connectivity index (χ0n) is 6.28. The molecule has 1 aromatic rings. The quantitative estimate of drug-likeness (QED) is 0.392. The first kappa shape index (κ1) is 7.11. The number of amidine groups is 1. The third-order valence-corrected chi connectivity index (χ3v) is 1.64. The highest BCUT2D eigenvalue weighted by Crippen LogP contribution is 2.12. The minimum absolute atomic E-state index is 0.278. The van der Waals surface area contributed by atoms with Crippen molar-refractivity contribution >= 4 is 11.7 Å². The molecule has 0 saturated carbocycles. The summed E-state index contributed by atoms with van der Waals surface area (Å²) in [6.07, 6.45) is 0.727. The van der Waals surface area contributed by atoms with Gasteiger partial charge in [-0.2, -0.15) is 0 Å². The number of H-pyrrole nitrogens is 1. The Morgan fingerprint density at radius 3 is 3.33 bits per heavy atom. The van der Waals surface area contributed by atoms with E-state index in [-0.39, 0.29) is 5.84 Å². The number of rotatable bonds is 0. The van der Waals surface area contributed by atoms with E-state index in [2.05, 4.69) is 20.3 Å². The topological polar surface area (TPSA) is 99.3 Å². The summed E-state index contributed by atoms with van der Waals surface area (Å²) in [5, 5.41) is 12.1. The molecular formula is C6H9N5O. The second-order valence-electron chi connectivity index (χ2n) is 2.50. The fraction of sp³-hybridized carbons (Fsp3) is 0.333. The van der Waals surface area contributed by atoms with Crippen molar-refractivity contribution in [1.82, 2.24) is 9.97 Å². The first-order valence-electron chi connectivity index (χ1n) is 3.56. The average molecular weight is 167 g/mol. The number of nitrogens with two attached hydrogens (primary N) is 1. The number of imidazole rings is 1. The Hall–Kier alpha value is -1.56. The average Bonchev–Trinajstić information content (AvgIpc) is 2.43. The van der Waals surface area contributed by atoms with Crippen molar-refractivity contribution in [2.75, 3.05) is 11.9 Å². The predicted octanol–water partition coefficient (Wildman–Crippen LogP) is -1.14. The summed E-state index contributed by atoms with van der Waals surface area (Å²) >= 11 is 0. The van der Waals surface area contributed by atoms with E-state index >= 15 is 0 Å². The monoisotopic (exact) mass is 167 g/mol. The van der Waals surface area contributed by atoms with Crippen molar-refractivity contribution < 1.29 is 5.11 Å². The molecule has 0 bridgehead atoms. The molecule has 6 heteroatoms. The van der Waals surface area contributed by atoms with Crippen LogP contribution in [0.5, 0.6) is 0 Å². The summed E-state index contributed by atoms with van der Waals surface area (Å²) in [6, 6.07) is 0. The molecule has 0 aliphatic carbocycles. The number of aromatic amines is 1. The number of aliphatic imine (C=N–C) groups is 1. The summed E-state index contributed by atoms with van der Waals surface area (Å²) in [6.45, 7) is 0.332. The van der Waals surface area contributed by atoms with Crippen LogP contribution in [-0.2, 0) is 0 Å². The lowest BCUT2D eigenvalue weighted by Gasteiger charge is -2.01. The fourth-order valence-corrected chi connectivity index (χ4v) is 1.08. The minimum Gasteiger partial charge on any atom is -0.382 e. The van der Waals surface area contributed by atoms with Gasteiger partial charge in [0, 0.05) is 0 Å². The van der Waals surface area contributed by atoms with Crippen LogP contribution >= 0.6 is 0 Å². The van der Waals surface area contributed by atoms with E-state index in [1.54, 1.807) is 0 Å². The van der Waals surface area contributed by atoms with Crippen LogP contribution in [0.1, 0.15) is 5.69 Å². The Morgan fingerprint density at radius 1 is 1.67 bits per heavy atom. The fourth-order valence-electron chi connectivity index (χ4n) is 1.08. The van der Waals surface area contributed by atoms with Crippen LogP contribution in [0, 0.1) is 0 Å². The number of hydrogen-bond acceptors (Lipinski definition) is 5. The van der Waals surface area contributed by atoms with E-state index < -0.39 is 6.23 Å². The van der Waals surface area contributed by atoms with E-state index in [9.17, 15) is 5.11 Å². The molecule has 0 saturated heterocycles. The van der Waals surface area contributed by atoms with Gasteiger partial charge in [0.15, 0.2) is 12.0 Å². The molecule has 2 rings (SSSR count). The maximum absolute atomic E-state index is 9.18. The molecule has 1 aromatic heterocycles. The number of aromatic nitrogens is 2. The Kier molecular flexibility index (Phi) is 1.47. The smallest absolute Gasteiger partial charge is 0.164 e. The highest BCUT2D eigenvalue weighted by atomic mass is 16.3. The second kappa shape index (κ2) is 2.49. The van der Waals surface area contributed by atoms with Crippen LogP contribution in [0.4, 0.5) is 5.82 Å². The third-order valence-electron chi connectivity index (χ3n) is 1.64. The van der Waals surface area contributed by atoms with Gasteiger partial charge in [-0.25, -0.2) is 9.98 Å². The van der Waals surface area contributed by atoms with Crippen molar-refractivity contribution in [3.05, 3.63) is 12.0 Å². The number of aliphatic hydroxyl groups excluding tert-OH is 1. The van der Waals surface area contributed by atoms with Gasteiger partial charge in [-0.3, -0.25) is 0 Å². The summed E-state index contributed by atoms with van der Waals surface area (Å²) in [4.78, 5) is 10.6. The molecular weight excluding hydrogens is 158 g/mol. The number of β-amino-alcohol motifs (C(OH)–C–C–N with tert-alkyl or cyclic N) is 1. The third kappa shape index (κ3) is 1.02. The molecule has 64 valence electrons. The van der Waals surface area contributed by atoms with Gasteiger partial charge in [0.05, 0.1) is 12.9 Å². The summed E-state index contributed by atoms with van der Waals surface area (Å²) in [5.41, 5.74) is 6.19. The van der Waals surface area contributed by atoms with Gasteiger partial charge in [0.1, 0.15) is 11.5 Å². The van der Waals surface area contributed by atoms with Gasteiger partial charge in [-0.15, -0.1) is 0 Å². The molecule has 1 aliphatic rings. The maximum atomic E-state index is 9.18. The zero-order valence-corrected chi connectivity index (χ0v) is 6.28. The standard InChI is InChI=1S/C6H9N5O/c7-5-4-6(10-2-9-4)8-1-3(12)11-5/h2-3,8,12H,1H2,(H2,7,11)(H,9,10). The maximum Gasteiger partial charge on any atom is 0.164 e. The zero-order chi connectivity index (χ0) is 8.55. The van der Waals surface area contributed by atoms with Gasteiger partial charge in [-0.05, 0) is 0 Å². The van der Waals surface area contributed by atoms with Gasteiger partial charge >= 0.3 is 0 Å². The van der Waals surface area contributed by atoms with E-state index in [0.29, 0.717) is 18.1 Å². The number of nitrogens with zero attached hydrogens (tertiary/aromatic N) is 2. The van der Waals surface area contributed by atoms with Gasteiger partial charge in [0.25, 0.3) is 0 Å². The molecule has 1 unspecified atom stereocenters. The molecule has 5 N–H and O–H groups in total. The van der Waals surface area contributed by atoms with Crippen molar-refractivity contribution in [2.24, 2.45) is 10.7 Å². The van der Waals surface area contributed by atoms with E-state index in [1.165, 1.54) is 6.33 Å². The van der Waals surface area contributed by atoms with Crippen molar-refractivity contribution in [1.29, 1.82) is 0 Å². The lowest BCUT2D eigenvalue weighted by atomic mass is 10.4. The Morgan fingerprint density at radius 2 is 2.50 bits per heavy atom. The highest BCUT2D eigenvalue weighted by molar-refractivity contribution is 6.00. The van der Waals surface area contributed by atoms with E-state index in [0.717, 1.165) is 0 Å². The molecule has 0 spiro atoms. The SMILES string of the molecule is NC1=NC(O)CNc2nc[nH]c21. The molecule has 0 fully saturated rings. The van der Waals surface area contributed by atoms with Crippen molar-refractivity contribution in [3.63, 3.8) is 0 Å². The Labute approximate surface area is 68.5 Å². The van der Waals surface area contributed by atoms with E-state index in [4.69, 9.17) is 5.73 Å². The first-order valence-corrected chi connectivity index (χ1v) is 3.56. The molecule has 12 heavy (non-hydrogen) atoms. The van der Waals surface area contributed by atoms with E-state index in [1.807, 2.05) is 0 Å². The van der Waals surface area contributed by atoms with Crippen LogP contribution in [0.2, 0.25) is 0 Å². The molecule has 1 atom stereocenters. The molecule has 6 nitrogen and oxygen atoms in total. The molecule has 2 heterocycles. The van der Waals surface area contributed by atoms with Gasteiger partial charge in [-0.1, -0.05) is 0 Å². The lowest BCUT2D eigenvalue weighted by molar-refractivity contribution is 0.198. The molecule has 0 aromatic carbocycles.